The molecule has 2 rings (SSSR count). The van der Waals surface area contributed by atoms with Gasteiger partial charge in [-0.3, -0.25) is 0 Å². The van der Waals surface area contributed by atoms with Crippen LogP contribution in [0, 0.1) is 6.92 Å². The Morgan fingerprint density at radius 3 is 2.78 bits per heavy atom. The van der Waals surface area contributed by atoms with E-state index in [0.717, 1.165) is 17.8 Å². The molecule has 96 valence electrons. The Hall–Kier alpha value is -1.06. The van der Waals surface area contributed by atoms with Crippen molar-refractivity contribution in [1.29, 1.82) is 0 Å². The van der Waals surface area contributed by atoms with Crippen LogP contribution in [0.3, 0.4) is 0 Å². The van der Waals surface area contributed by atoms with E-state index in [2.05, 4.69) is 50.2 Å². The molecule has 0 N–H and O–H groups in total. The van der Waals surface area contributed by atoms with E-state index in [1.54, 1.807) is 0 Å². The minimum atomic E-state index is 1.10. The van der Waals surface area contributed by atoms with E-state index in [1.807, 2.05) is 17.8 Å². The van der Waals surface area contributed by atoms with Crippen LogP contribution in [-0.2, 0) is 0 Å². The summed E-state index contributed by atoms with van der Waals surface area (Å²) in [4.78, 5) is 6.96. The minimum absolute atomic E-state index is 1.10. The smallest absolute Gasteiger partial charge is 0.0996 e. The fraction of sp³-hybridized carbons (Fsp3) is 0.400. The number of para-hydroxylation sites is 1. The normalized spacial score (nSPS) is 11.3. The highest BCUT2D eigenvalue weighted by molar-refractivity contribution is 7.99. The van der Waals surface area contributed by atoms with Crippen LogP contribution in [0.15, 0.2) is 35.4 Å². The van der Waals surface area contributed by atoms with Crippen molar-refractivity contribution in [3.63, 3.8) is 0 Å². The molecule has 0 spiro atoms. The lowest BCUT2D eigenvalue weighted by atomic mass is 10.2. The van der Waals surface area contributed by atoms with Crippen LogP contribution in [0.1, 0.15) is 12.0 Å². The van der Waals surface area contributed by atoms with Crippen molar-refractivity contribution in [2.45, 2.75) is 18.4 Å². The van der Waals surface area contributed by atoms with Gasteiger partial charge in [-0.2, -0.15) is 0 Å². The van der Waals surface area contributed by atoms with E-state index < -0.39 is 0 Å². The second kappa shape index (κ2) is 6.21. The highest BCUT2D eigenvalue weighted by Crippen LogP contribution is 2.24. The number of thioether (sulfide) groups is 1. The average Bonchev–Trinajstić information content (AvgIpc) is 2.34. The maximum absolute atomic E-state index is 4.74. The Morgan fingerprint density at radius 2 is 2.00 bits per heavy atom. The molecule has 2 aromatic rings. The molecular formula is C15H20N2S. The first-order valence-corrected chi connectivity index (χ1v) is 7.29. The van der Waals surface area contributed by atoms with Crippen LogP contribution < -0.4 is 0 Å². The van der Waals surface area contributed by atoms with Gasteiger partial charge in [0.05, 0.1) is 10.5 Å². The predicted molar refractivity (Wildman–Crippen MR) is 80.4 cm³/mol. The van der Waals surface area contributed by atoms with Gasteiger partial charge in [-0.15, -0.1) is 11.8 Å². The van der Waals surface area contributed by atoms with Gasteiger partial charge in [0, 0.05) is 11.1 Å². The minimum Gasteiger partial charge on any atom is -0.309 e. The molecule has 0 atom stereocenters. The van der Waals surface area contributed by atoms with E-state index in [4.69, 9.17) is 4.98 Å². The summed E-state index contributed by atoms with van der Waals surface area (Å²) >= 11 is 1.87. The van der Waals surface area contributed by atoms with Crippen molar-refractivity contribution < 1.29 is 0 Å². The topological polar surface area (TPSA) is 16.1 Å². The van der Waals surface area contributed by atoms with Gasteiger partial charge >= 0.3 is 0 Å². The van der Waals surface area contributed by atoms with Gasteiger partial charge in [-0.1, -0.05) is 18.2 Å². The number of aromatic nitrogens is 1. The molecule has 0 unspecified atom stereocenters. The molecule has 3 heteroatoms. The summed E-state index contributed by atoms with van der Waals surface area (Å²) in [6.07, 6.45) is 1.20. The molecule has 1 aromatic carbocycles. The lowest BCUT2D eigenvalue weighted by Gasteiger charge is -2.10. The lowest BCUT2D eigenvalue weighted by molar-refractivity contribution is 0.410. The Balaban J connectivity index is 2.06. The second-order valence-electron chi connectivity index (χ2n) is 4.81. The van der Waals surface area contributed by atoms with Crippen molar-refractivity contribution in [3.05, 3.63) is 35.9 Å². The van der Waals surface area contributed by atoms with Gasteiger partial charge in [0.25, 0.3) is 0 Å². The van der Waals surface area contributed by atoms with Crippen LogP contribution in [0.4, 0.5) is 0 Å². The number of fused-ring (bicyclic) bond motifs is 1. The quantitative estimate of drug-likeness (QED) is 0.604. The summed E-state index contributed by atoms with van der Waals surface area (Å²) in [5.74, 6) is 1.13. The molecule has 0 aliphatic carbocycles. The van der Waals surface area contributed by atoms with Crippen LogP contribution in [0.25, 0.3) is 10.9 Å². The monoisotopic (exact) mass is 260 g/mol. The molecule has 0 aliphatic rings. The molecule has 0 saturated heterocycles. The molecule has 0 bridgehead atoms. The summed E-state index contributed by atoms with van der Waals surface area (Å²) < 4.78 is 0. The third kappa shape index (κ3) is 3.47. The van der Waals surface area contributed by atoms with Crippen molar-refractivity contribution in [3.8, 4) is 0 Å². The molecule has 0 aliphatic heterocycles. The highest BCUT2D eigenvalue weighted by atomic mass is 32.2. The zero-order chi connectivity index (χ0) is 13.0. The zero-order valence-electron chi connectivity index (χ0n) is 11.3. The van der Waals surface area contributed by atoms with Gasteiger partial charge in [-0.05, 0) is 51.7 Å². The van der Waals surface area contributed by atoms with Crippen molar-refractivity contribution in [1.82, 2.24) is 9.88 Å². The van der Waals surface area contributed by atoms with Crippen LogP contribution in [-0.4, -0.2) is 36.3 Å². The number of hydrogen-bond acceptors (Lipinski definition) is 3. The largest absolute Gasteiger partial charge is 0.309 e. The molecule has 1 aromatic heterocycles. The maximum Gasteiger partial charge on any atom is 0.0996 e. The Labute approximate surface area is 113 Å². The fourth-order valence-electron chi connectivity index (χ4n) is 1.90. The Morgan fingerprint density at radius 1 is 1.22 bits per heavy atom. The molecule has 0 fully saturated rings. The van der Waals surface area contributed by atoms with E-state index in [-0.39, 0.29) is 0 Å². The first kappa shape index (κ1) is 13.4. The van der Waals surface area contributed by atoms with Gasteiger partial charge in [-0.25, -0.2) is 4.98 Å². The van der Waals surface area contributed by atoms with E-state index in [9.17, 15) is 0 Å². The summed E-state index contributed by atoms with van der Waals surface area (Å²) in [6, 6.07) is 10.5. The lowest BCUT2D eigenvalue weighted by Crippen LogP contribution is -2.13. The predicted octanol–water partition coefficient (Wildman–Crippen LogP) is 3.59. The van der Waals surface area contributed by atoms with Gasteiger partial charge < -0.3 is 4.90 Å². The van der Waals surface area contributed by atoms with Crippen LogP contribution >= 0.6 is 11.8 Å². The second-order valence-corrected chi connectivity index (χ2v) is 5.89. The van der Waals surface area contributed by atoms with Crippen LogP contribution in [0.2, 0.25) is 0 Å². The maximum atomic E-state index is 4.74. The molecule has 2 nitrogen and oxygen atoms in total. The van der Waals surface area contributed by atoms with Crippen molar-refractivity contribution >= 4 is 22.7 Å². The fourth-order valence-corrected chi connectivity index (χ4v) is 2.82. The highest BCUT2D eigenvalue weighted by Gasteiger charge is 2.03. The zero-order valence-corrected chi connectivity index (χ0v) is 12.1. The van der Waals surface area contributed by atoms with Gasteiger partial charge in [0.2, 0.25) is 0 Å². The Bertz CT molecular complexity index is 523. The Kier molecular flexibility index (Phi) is 4.61. The number of rotatable bonds is 5. The average molecular weight is 260 g/mol. The first-order chi connectivity index (χ1) is 8.66. The SMILES string of the molecule is Cc1cc2ccccc2nc1SCCCN(C)C. The summed E-state index contributed by atoms with van der Waals surface area (Å²) in [5.41, 5.74) is 2.38. The van der Waals surface area contributed by atoms with Crippen molar-refractivity contribution in [2.24, 2.45) is 0 Å². The molecule has 0 saturated carbocycles. The molecule has 0 amide bonds. The third-order valence-corrected chi connectivity index (χ3v) is 4.04. The first-order valence-electron chi connectivity index (χ1n) is 6.31. The summed E-state index contributed by atoms with van der Waals surface area (Å²) in [7, 11) is 4.23. The summed E-state index contributed by atoms with van der Waals surface area (Å²) in [6.45, 7) is 3.29. The molecule has 18 heavy (non-hydrogen) atoms. The third-order valence-electron chi connectivity index (χ3n) is 2.86. The number of aryl methyl sites for hydroxylation is 1. The van der Waals surface area contributed by atoms with E-state index >= 15 is 0 Å². The molecular weight excluding hydrogens is 240 g/mol. The van der Waals surface area contributed by atoms with Crippen LogP contribution in [0.5, 0.6) is 0 Å². The van der Waals surface area contributed by atoms with E-state index in [1.165, 1.54) is 22.4 Å². The summed E-state index contributed by atoms with van der Waals surface area (Å²) in [5, 5.41) is 2.40. The van der Waals surface area contributed by atoms with Gasteiger partial charge in [0.15, 0.2) is 0 Å². The van der Waals surface area contributed by atoms with E-state index in [0.29, 0.717) is 0 Å². The molecule has 0 radical (unpaired) electrons. The number of benzene rings is 1. The van der Waals surface area contributed by atoms with Gasteiger partial charge in [0.1, 0.15) is 0 Å². The molecule has 1 heterocycles. The standard InChI is InChI=1S/C15H20N2S/c1-12-11-13-7-4-5-8-14(13)16-15(12)18-10-6-9-17(2)3/h4-5,7-8,11H,6,9-10H2,1-3H3. The number of nitrogens with zero attached hydrogens (tertiary/aromatic N) is 2. The number of hydrogen-bond donors (Lipinski definition) is 0. The number of pyridine rings is 1. The van der Waals surface area contributed by atoms with Crippen molar-refractivity contribution in [2.75, 3.05) is 26.4 Å².